The summed E-state index contributed by atoms with van der Waals surface area (Å²) in [5.41, 5.74) is 8.83. The van der Waals surface area contributed by atoms with Gasteiger partial charge in [0.1, 0.15) is 0 Å². The summed E-state index contributed by atoms with van der Waals surface area (Å²) in [5.74, 6) is 0.805. The first-order valence-electron chi connectivity index (χ1n) is 8.91. The summed E-state index contributed by atoms with van der Waals surface area (Å²) in [6, 6.07) is 14.8. The Labute approximate surface area is 152 Å². The monoisotopic (exact) mass is 347 g/mol. The van der Waals surface area contributed by atoms with Crippen molar-refractivity contribution in [3.05, 3.63) is 71.0 Å². The molecule has 0 saturated heterocycles. The first kappa shape index (κ1) is 16.7. The molecule has 5 nitrogen and oxygen atoms in total. The number of carbonyl (C=O) groups is 1. The Morgan fingerprint density at radius 1 is 1.08 bits per heavy atom. The van der Waals surface area contributed by atoms with Crippen molar-refractivity contribution in [1.82, 2.24) is 10.1 Å². The zero-order valence-electron chi connectivity index (χ0n) is 14.7. The van der Waals surface area contributed by atoms with E-state index in [-0.39, 0.29) is 5.78 Å². The highest BCUT2D eigenvalue weighted by Crippen LogP contribution is 2.36. The molecular weight excluding hydrogens is 326 g/mol. The van der Waals surface area contributed by atoms with Crippen LogP contribution in [0.5, 0.6) is 0 Å². The van der Waals surface area contributed by atoms with Crippen LogP contribution in [0.25, 0.3) is 11.5 Å². The fraction of sp³-hybridized carbons (Fsp3) is 0.286. The van der Waals surface area contributed by atoms with E-state index in [9.17, 15) is 4.79 Å². The van der Waals surface area contributed by atoms with Gasteiger partial charge in [-0.25, -0.2) is 0 Å². The SMILES string of the molecule is Cc1ccc(C(=O)c2ccccc2-c2nc(C3(N)CCCC3)no2)cc1. The maximum atomic E-state index is 13.0. The highest BCUT2D eigenvalue weighted by Gasteiger charge is 2.36. The molecule has 1 aliphatic carbocycles. The van der Waals surface area contributed by atoms with Gasteiger partial charge in [-0.15, -0.1) is 0 Å². The van der Waals surface area contributed by atoms with Crippen molar-refractivity contribution in [2.75, 3.05) is 0 Å². The molecule has 0 radical (unpaired) electrons. The van der Waals surface area contributed by atoms with Crippen molar-refractivity contribution in [2.24, 2.45) is 5.73 Å². The van der Waals surface area contributed by atoms with E-state index < -0.39 is 5.54 Å². The fourth-order valence-electron chi connectivity index (χ4n) is 3.49. The lowest BCUT2D eigenvalue weighted by atomic mass is 9.97. The molecule has 1 fully saturated rings. The lowest BCUT2D eigenvalue weighted by molar-refractivity contribution is 0.103. The lowest BCUT2D eigenvalue weighted by Gasteiger charge is -2.17. The number of hydrogen-bond donors (Lipinski definition) is 1. The predicted octanol–water partition coefficient (Wildman–Crippen LogP) is 4.00. The number of benzene rings is 2. The van der Waals surface area contributed by atoms with Gasteiger partial charge < -0.3 is 10.3 Å². The minimum Gasteiger partial charge on any atom is -0.334 e. The molecule has 0 unspecified atom stereocenters. The van der Waals surface area contributed by atoms with E-state index in [0.717, 1.165) is 31.2 Å². The fourth-order valence-corrected chi connectivity index (χ4v) is 3.49. The second kappa shape index (κ2) is 6.50. The van der Waals surface area contributed by atoms with E-state index in [1.807, 2.05) is 49.4 Å². The third kappa shape index (κ3) is 2.95. The van der Waals surface area contributed by atoms with Crippen LogP contribution in [0.2, 0.25) is 0 Å². The Morgan fingerprint density at radius 2 is 1.77 bits per heavy atom. The van der Waals surface area contributed by atoms with Gasteiger partial charge in [-0.2, -0.15) is 4.98 Å². The number of nitrogens with zero attached hydrogens (tertiary/aromatic N) is 2. The van der Waals surface area contributed by atoms with Crippen LogP contribution in [-0.4, -0.2) is 15.9 Å². The van der Waals surface area contributed by atoms with Crippen LogP contribution >= 0.6 is 0 Å². The third-order valence-corrected chi connectivity index (χ3v) is 5.08. The van der Waals surface area contributed by atoms with Crippen molar-refractivity contribution in [1.29, 1.82) is 0 Å². The maximum absolute atomic E-state index is 13.0. The molecular formula is C21H21N3O2. The summed E-state index contributed by atoms with van der Waals surface area (Å²) < 4.78 is 5.48. The Morgan fingerprint density at radius 3 is 2.50 bits per heavy atom. The Balaban J connectivity index is 1.71. The molecule has 0 amide bonds. The van der Waals surface area contributed by atoms with Crippen LogP contribution in [0.3, 0.4) is 0 Å². The van der Waals surface area contributed by atoms with Crippen LogP contribution in [0.1, 0.15) is 53.0 Å². The molecule has 3 aromatic rings. The largest absolute Gasteiger partial charge is 0.334 e. The second-order valence-corrected chi connectivity index (χ2v) is 7.03. The Kier molecular flexibility index (Phi) is 4.17. The minimum atomic E-state index is -0.516. The number of nitrogens with two attached hydrogens (primary N) is 1. The van der Waals surface area contributed by atoms with Crippen LogP contribution in [0, 0.1) is 6.92 Å². The predicted molar refractivity (Wildman–Crippen MR) is 98.7 cm³/mol. The van der Waals surface area contributed by atoms with Crippen molar-refractivity contribution < 1.29 is 9.32 Å². The zero-order chi connectivity index (χ0) is 18.1. The zero-order valence-corrected chi connectivity index (χ0v) is 14.7. The number of aromatic nitrogens is 2. The second-order valence-electron chi connectivity index (χ2n) is 7.03. The van der Waals surface area contributed by atoms with E-state index in [0.29, 0.717) is 28.4 Å². The summed E-state index contributed by atoms with van der Waals surface area (Å²) in [6.07, 6.45) is 3.86. The van der Waals surface area contributed by atoms with E-state index in [2.05, 4.69) is 10.1 Å². The normalized spacial score (nSPS) is 15.9. The number of hydrogen-bond acceptors (Lipinski definition) is 5. The molecule has 2 aromatic carbocycles. The van der Waals surface area contributed by atoms with Crippen LogP contribution < -0.4 is 5.73 Å². The van der Waals surface area contributed by atoms with Gasteiger partial charge in [0.05, 0.1) is 11.1 Å². The van der Waals surface area contributed by atoms with Crippen LogP contribution in [-0.2, 0) is 5.54 Å². The van der Waals surface area contributed by atoms with Gasteiger partial charge >= 0.3 is 0 Å². The topological polar surface area (TPSA) is 82.0 Å². The van der Waals surface area contributed by atoms with Crippen LogP contribution in [0.4, 0.5) is 0 Å². The van der Waals surface area contributed by atoms with E-state index >= 15 is 0 Å². The summed E-state index contributed by atoms with van der Waals surface area (Å²) >= 11 is 0. The molecule has 2 N–H and O–H groups in total. The van der Waals surface area contributed by atoms with Gasteiger partial charge in [0.25, 0.3) is 5.89 Å². The van der Waals surface area contributed by atoms with E-state index in [1.54, 1.807) is 6.07 Å². The van der Waals surface area contributed by atoms with Gasteiger partial charge in [0, 0.05) is 11.1 Å². The Hall–Kier alpha value is -2.79. The number of carbonyl (C=O) groups excluding carboxylic acids is 1. The maximum Gasteiger partial charge on any atom is 0.258 e. The number of aryl methyl sites for hydroxylation is 1. The average Bonchev–Trinajstić information content (AvgIpc) is 3.32. The molecule has 5 heteroatoms. The summed E-state index contributed by atoms with van der Waals surface area (Å²) in [4.78, 5) is 17.5. The van der Waals surface area contributed by atoms with Crippen molar-refractivity contribution in [3.63, 3.8) is 0 Å². The van der Waals surface area contributed by atoms with Gasteiger partial charge in [-0.1, -0.05) is 66.0 Å². The molecule has 0 bridgehead atoms. The first-order valence-corrected chi connectivity index (χ1v) is 8.91. The standard InChI is InChI=1S/C21H21N3O2/c1-14-8-10-15(11-9-14)18(25)16-6-2-3-7-17(16)19-23-20(24-26-19)21(22)12-4-5-13-21/h2-3,6-11H,4-5,12-13,22H2,1H3. The first-order chi connectivity index (χ1) is 12.6. The number of ketones is 1. The molecule has 1 aliphatic rings. The van der Waals surface area contributed by atoms with E-state index in [1.165, 1.54) is 0 Å². The molecule has 26 heavy (non-hydrogen) atoms. The summed E-state index contributed by atoms with van der Waals surface area (Å²) in [5, 5.41) is 4.11. The molecule has 1 heterocycles. The average molecular weight is 347 g/mol. The minimum absolute atomic E-state index is 0.0660. The van der Waals surface area contributed by atoms with Crippen molar-refractivity contribution >= 4 is 5.78 Å². The highest BCUT2D eigenvalue weighted by atomic mass is 16.5. The van der Waals surface area contributed by atoms with Gasteiger partial charge in [0.2, 0.25) is 0 Å². The van der Waals surface area contributed by atoms with Gasteiger partial charge in [0.15, 0.2) is 11.6 Å². The summed E-state index contributed by atoms with van der Waals surface area (Å²) in [7, 11) is 0. The molecule has 1 saturated carbocycles. The van der Waals surface area contributed by atoms with Crippen LogP contribution in [0.15, 0.2) is 53.1 Å². The quantitative estimate of drug-likeness (QED) is 0.721. The molecule has 0 aliphatic heterocycles. The highest BCUT2D eigenvalue weighted by molar-refractivity contribution is 6.12. The lowest BCUT2D eigenvalue weighted by Crippen LogP contribution is -2.34. The number of rotatable bonds is 4. The third-order valence-electron chi connectivity index (χ3n) is 5.08. The smallest absolute Gasteiger partial charge is 0.258 e. The molecule has 0 spiro atoms. The molecule has 4 rings (SSSR count). The molecule has 132 valence electrons. The molecule has 0 atom stereocenters. The van der Waals surface area contributed by atoms with Crippen molar-refractivity contribution in [2.45, 2.75) is 38.1 Å². The van der Waals surface area contributed by atoms with E-state index in [4.69, 9.17) is 10.3 Å². The van der Waals surface area contributed by atoms with Gasteiger partial charge in [-0.3, -0.25) is 4.79 Å². The summed E-state index contributed by atoms with van der Waals surface area (Å²) in [6.45, 7) is 1.99. The van der Waals surface area contributed by atoms with Gasteiger partial charge in [-0.05, 0) is 25.8 Å². The molecule has 1 aromatic heterocycles. The van der Waals surface area contributed by atoms with Crippen molar-refractivity contribution in [3.8, 4) is 11.5 Å². The Bertz CT molecular complexity index is 938.